The van der Waals surface area contributed by atoms with Gasteiger partial charge in [-0.25, -0.2) is 42.8 Å². The Morgan fingerprint density at radius 1 is 0.504 bits per heavy atom. The number of benzene rings is 3. The number of ether oxygens (including phenoxy) is 3. The van der Waals surface area contributed by atoms with Crippen LogP contribution in [0.25, 0.3) is 0 Å². The smallest absolute Gasteiger partial charge is 0.419 e. The molecule has 3 saturated carbocycles. The number of carbonyl (C=O) groups excluding carboxylic acids is 2. The Labute approximate surface area is 683 Å². The predicted octanol–water partition coefficient (Wildman–Crippen LogP) is 13.0. The molecule has 10 atom stereocenters. The average Bonchev–Trinajstić information content (AvgIpc) is 1.73. The number of alkyl halides is 9. The molecule has 3 aliphatic carbocycles. The van der Waals surface area contributed by atoms with E-state index in [1.807, 2.05) is 62.1 Å². The predicted molar refractivity (Wildman–Crippen MR) is 448 cm³/mol. The van der Waals surface area contributed by atoms with Crippen LogP contribution in [-0.2, 0) is 78.3 Å². The van der Waals surface area contributed by atoms with Crippen LogP contribution in [0, 0.1) is 17.8 Å². The van der Waals surface area contributed by atoms with Crippen molar-refractivity contribution in [2.24, 2.45) is 17.8 Å². The number of carbonyl (C=O) groups is 2. The van der Waals surface area contributed by atoms with Gasteiger partial charge in [0.05, 0.1) is 78.2 Å². The lowest BCUT2D eigenvalue weighted by atomic mass is 9.81. The van der Waals surface area contributed by atoms with Gasteiger partial charge in [0.25, 0.3) is 5.91 Å². The van der Waals surface area contributed by atoms with E-state index in [0.717, 1.165) is 108 Å². The van der Waals surface area contributed by atoms with Crippen molar-refractivity contribution >= 4 is 99.1 Å². The molecule has 0 radical (unpaired) electrons. The molecule has 117 heavy (non-hydrogen) atoms. The highest BCUT2D eigenvalue weighted by Gasteiger charge is 2.42. The first kappa shape index (κ1) is 94.3. The largest absolute Gasteiger partial charge is 0.495 e. The second-order valence-corrected chi connectivity index (χ2v) is 38.8. The van der Waals surface area contributed by atoms with E-state index in [1.165, 1.54) is 27.6 Å². The van der Waals surface area contributed by atoms with Gasteiger partial charge in [-0.05, 0) is 217 Å². The number of hydrogen-bond donors (Lipinski definition) is 5. The van der Waals surface area contributed by atoms with Gasteiger partial charge in [-0.2, -0.15) is 39.5 Å². The van der Waals surface area contributed by atoms with Gasteiger partial charge in [-0.3, -0.25) is 27.1 Å². The normalized spacial score (nSPS) is 21.0. The van der Waals surface area contributed by atoms with Crippen molar-refractivity contribution in [3.8, 4) is 17.2 Å². The summed E-state index contributed by atoms with van der Waals surface area (Å²) in [5.41, 5.74) is 0.288. The molecular formula is C80H114F9N17O8S3. The summed E-state index contributed by atoms with van der Waals surface area (Å²) < 4.78 is 185. The summed E-state index contributed by atoms with van der Waals surface area (Å²) >= 11 is 0. The number of nitrogens with one attached hydrogen (secondary N) is 5. The number of hydrogen-bond acceptors (Lipinski definition) is 20. The fourth-order valence-electron chi connectivity index (χ4n) is 15.4. The van der Waals surface area contributed by atoms with Gasteiger partial charge >= 0.3 is 18.5 Å². The summed E-state index contributed by atoms with van der Waals surface area (Å²) in [6, 6.07) is 14.6. The van der Waals surface area contributed by atoms with Gasteiger partial charge < -0.3 is 50.6 Å². The Balaban J connectivity index is 0.000000220. The molecule has 2 amide bonds. The van der Waals surface area contributed by atoms with Crippen molar-refractivity contribution in [1.29, 1.82) is 0 Å². The molecule has 37 heteroatoms. The van der Waals surface area contributed by atoms with Crippen LogP contribution in [-0.4, -0.2) is 240 Å². The maximum atomic E-state index is 14.0. The van der Waals surface area contributed by atoms with Gasteiger partial charge in [0.15, 0.2) is 0 Å². The SMILES string of the molecule is C=S(C)(=O)N(C)[C@@H]1CCCC[C@H]1Cc1nc(Nc2cc(C(=O)NCCN(C)C)ccc2OC)ncc1C(F)(F)F.C=S(C)(=O)N(C)[C@@H]1CCCC[C@H]1Cc1nc(Nc2ccc(CN(C)C)cc2OC)ncc1C(F)(F)F.C=S(C)(=O)N(C)[C@@H]1CCCC[C@H]1Cc1nc(Nc2ccc(NC(=O)[C@H]3CCCN3C)cc2OC)ncc1C(F)(F)F. The third kappa shape index (κ3) is 26.7. The molecule has 0 spiro atoms. The van der Waals surface area contributed by atoms with Crippen LogP contribution < -0.4 is 40.8 Å². The zero-order valence-electron chi connectivity index (χ0n) is 69.2. The van der Waals surface area contributed by atoms with Crippen LogP contribution in [0.2, 0.25) is 0 Å². The number of halogens is 9. The number of likely N-dealkylation sites (tertiary alicyclic amines) is 1. The molecule has 3 aromatic heterocycles. The second-order valence-electron chi connectivity index (χ2n) is 31.3. The van der Waals surface area contributed by atoms with Crippen LogP contribution in [0.5, 0.6) is 17.2 Å². The van der Waals surface area contributed by atoms with E-state index in [-0.39, 0.29) is 108 Å². The Hall–Kier alpha value is -8.17. The van der Waals surface area contributed by atoms with Crippen LogP contribution in [0.3, 0.4) is 0 Å². The molecule has 648 valence electrons. The molecule has 4 aliphatic rings. The molecule has 10 rings (SSSR count). The number of amides is 2. The molecule has 25 nitrogen and oxygen atoms in total. The molecule has 1 aliphatic heterocycles. The fourth-order valence-corrected chi connectivity index (χ4v) is 17.9. The maximum absolute atomic E-state index is 14.0. The summed E-state index contributed by atoms with van der Waals surface area (Å²) in [4.78, 5) is 56.1. The third-order valence-corrected chi connectivity index (χ3v) is 26.3. The zero-order valence-corrected chi connectivity index (χ0v) is 71.6. The first-order chi connectivity index (χ1) is 54.8. The Morgan fingerprint density at radius 2 is 0.897 bits per heavy atom. The fraction of sp³-hybridized carbons (Fsp3) is 0.562. The van der Waals surface area contributed by atoms with E-state index in [0.29, 0.717) is 78.0 Å². The summed E-state index contributed by atoms with van der Waals surface area (Å²) in [6.07, 6.45) is 4.92. The van der Waals surface area contributed by atoms with Crippen molar-refractivity contribution in [2.75, 3.05) is 137 Å². The Morgan fingerprint density at radius 3 is 1.26 bits per heavy atom. The quantitative estimate of drug-likeness (QED) is 0.0216. The molecule has 5 N–H and O–H groups in total. The van der Waals surface area contributed by atoms with Crippen molar-refractivity contribution in [1.82, 2.24) is 62.8 Å². The van der Waals surface area contributed by atoms with E-state index < -0.39 is 64.3 Å². The minimum absolute atomic E-state index is 0.00664. The van der Waals surface area contributed by atoms with Gasteiger partial charge in [0.2, 0.25) is 23.8 Å². The minimum atomic E-state index is -4.64. The number of likely N-dealkylation sites (N-methyl/N-ethyl adjacent to an activating group) is 2. The number of nitrogens with zero attached hydrogens (tertiary/aromatic N) is 12. The van der Waals surface area contributed by atoms with Crippen LogP contribution >= 0.6 is 0 Å². The Kier molecular flexibility index (Phi) is 32.8. The molecule has 4 heterocycles. The van der Waals surface area contributed by atoms with Gasteiger partial charge in [0, 0.05) is 122 Å². The topological polar surface area (TPSA) is 270 Å². The number of aromatic nitrogens is 6. The lowest BCUT2D eigenvalue weighted by Crippen LogP contribution is -2.43. The molecule has 3 aromatic carbocycles. The van der Waals surface area contributed by atoms with E-state index in [4.69, 9.17) is 14.2 Å². The highest BCUT2D eigenvalue weighted by molar-refractivity contribution is 7.98. The first-order valence-corrected chi connectivity index (χ1v) is 44.9. The maximum Gasteiger partial charge on any atom is 0.419 e. The van der Waals surface area contributed by atoms with Crippen molar-refractivity contribution in [3.05, 3.63) is 118 Å². The number of anilines is 7. The van der Waals surface area contributed by atoms with E-state index in [9.17, 15) is 61.7 Å². The minimum Gasteiger partial charge on any atom is -0.495 e. The Bertz CT molecular complexity index is 4720. The highest BCUT2D eigenvalue weighted by Crippen LogP contribution is 2.42. The van der Waals surface area contributed by atoms with Crippen molar-refractivity contribution < 1.29 is 75.9 Å². The third-order valence-electron chi connectivity index (χ3n) is 21.8. The first-order valence-electron chi connectivity index (χ1n) is 38.6. The monoisotopic (exact) mass is 1710 g/mol. The van der Waals surface area contributed by atoms with Gasteiger partial charge in [-0.1, -0.05) is 44.6 Å². The van der Waals surface area contributed by atoms with E-state index >= 15 is 0 Å². The van der Waals surface area contributed by atoms with Crippen molar-refractivity contribution in [2.45, 2.75) is 158 Å². The average molecular weight is 1710 g/mol. The van der Waals surface area contributed by atoms with Crippen LogP contribution in [0.1, 0.15) is 140 Å². The molecule has 4 fully saturated rings. The van der Waals surface area contributed by atoms with E-state index in [1.54, 1.807) is 89.0 Å². The van der Waals surface area contributed by atoms with E-state index in [2.05, 4.69) is 74.1 Å². The lowest BCUT2D eigenvalue weighted by molar-refractivity contribution is -0.139. The summed E-state index contributed by atoms with van der Waals surface area (Å²) in [7, 11) is 11.7. The van der Waals surface area contributed by atoms with Crippen LogP contribution in [0.15, 0.2) is 73.2 Å². The standard InChI is InChI=1S/C28H39F3N6O3S.C27H39F3N6O3S.C25H36F3N5O2S/c1-36-14-8-11-24(36)26(38)33-19-12-13-21(25(16-19)40-3)34-27-32-17-20(28(29,30)31)22(35-27)15-18-9-6-7-10-23(18)37(2)41(4,5)39;1-35(2)14-13-31-25(37)19-11-12-24(39-4)22(16-19)34-26-32-17-20(27(28,29)30)21(33-26)15-18-9-7-8-10-23(18)36(3)40(5,6)38;1-32(2)16-17-11-12-20(23(13-17)35-4)30-24-29-15-19(25(26,27)28)21(31-24)14-18-9-7-8-10-22(18)33(3)36(5,6)34/h12-13,16-18,23-24H,4,6-11,14-15H2,1-3,5H3,(H,33,38)(H,32,34,35);11-12,16-18,23H,5,7-10,13-15H2,1-4,6H3,(H,31,37)(H,32,33,34);11-13,15,18,22H,5,7-10,14,16H2,1-4,6H3,(H,29,30,31)/t18-,23+,24+,41?;18-,23+,40?;18-,22+,36?/m000/s1. The molecular weight excluding hydrogens is 1590 g/mol. The van der Waals surface area contributed by atoms with Gasteiger partial charge in [-0.15, -0.1) is 0 Å². The summed E-state index contributed by atoms with van der Waals surface area (Å²) in [5, 5.41) is 14.7. The van der Waals surface area contributed by atoms with Crippen LogP contribution in [0.4, 0.5) is 80.1 Å². The second kappa shape index (κ2) is 40.7. The summed E-state index contributed by atoms with van der Waals surface area (Å²) in [5.74, 6) is 11.7. The molecule has 6 aromatic rings. The summed E-state index contributed by atoms with van der Waals surface area (Å²) in [6.45, 7) is 2.69. The molecule has 0 bridgehead atoms. The molecule has 3 unspecified atom stereocenters. The molecule has 1 saturated heterocycles. The zero-order chi connectivity index (χ0) is 86.3. The number of rotatable bonds is 29. The lowest BCUT2D eigenvalue weighted by Gasteiger charge is -2.38. The highest BCUT2D eigenvalue weighted by atomic mass is 32.2. The van der Waals surface area contributed by atoms with Crippen molar-refractivity contribution in [3.63, 3.8) is 0 Å². The number of methoxy groups -OCH3 is 3. The van der Waals surface area contributed by atoms with Gasteiger partial charge in [0.1, 0.15) is 17.2 Å².